The Morgan fingerprint density at radius 2 is 2.09 bits per heavy atom. The molecule has 1 N–H and O–H groups in total. The summed E-state index contributed by atoms with van der Waals surface area (Å²) < 4.78 is 4.55. The second-order valence-electron chi connectivity index (χ2n) is 2.06. The van der Waals surface area contributed by atoms with Crippen molar-refractivity contribution < 1.29 is 14.6 Å². The quantitative estimate of drug-likeness (QED) is 0.553. The van der Waals surface area contributed by atoms with Crippen LogP contribution in [0, 0.1) is 0 Å². The summed E-state index contributed by atoms with van der Waals surface area (Å²) in [4.78, 5) is 10.1. The molecule has 0 spiro atoms. The topological polar surface area (TPSA) is 46.5 Å². The summed E-state index contributed by atoms with van der Waals surface area (Å²) in [5, 5.41) is 8.46. The van der Waals surface area contributed by atoms with Crippen molar-refractivity contribution in [1.29, 1.82) is 0 Å². The Balaban J connectivity index is 3.63. The van der Waals surface area contributed by atoms with Crippen LogP contribution in [0.4, 0.5) is 4.79 Å². The zero-order chi connectivity index (χ0) is 8.85. The van der Waals surface area contributed by atoms with Gasteiger partial charge in [-0.1, -0.05) is 21.6 Å². The smallest absolute Gasteiger partial charge is 0.450 e. The summed E-state index contributed by atoms with van der Waals surface area (Å²) in [7, 11) is 3.22. The molecule has 0 heterocycles. The van der Waals surface area contributed by atoms with Gasteiger partial charge in [0.05, 0.1) is 0 Å². The Labute approximate surface area is 74.3 Å². The molecule has 11 heavy (non-hydrogen) atoms. The molecule has 0 saturated carbocycles. The molecular formula is C6H12O3S2. The molecule has 0 aromatic rings. The molecule has 0 saturated heterocycles. The molecule has 0 fully saturated rings. The molecule has 0 aliphatic carbocycles. The maximum Gasteiger partial charge on any atom is 0.506 e. The Bertz CT molecular complexity index is 129. The molecule has 3 nitrogen and oxygen atoms in total. The highest BCUT2D eigenvalue weighted by Crippen LogP contribution is 2.26. The number of carbonyl (C=O) groups is 1. The van der Waals surface area contributed by atoms with E-state index in [2.05, 4.69) is 4.74 Å². The highest BCUT2D eigenvalue weighted by Gasteiger charge is 2.15. The fourth-order valence-corrected chi connectivity index (χ4v) is 2.38. The largest absolute Gasteiger partial charge is 0.506 e. The molecule has 0 rings (SSSR count). The van der Waals surface area contributed by atoms with Crippen LogP contribution in [0.2, 0.25) is 0 Å². The van der Waals surface area contributed by atoms with Crippen LogP contribution in [0.25, 0.3) is 0 Å². The predicted molar refractivity (Wildman–Crippen MR) is 49.1 cm³/mol. The summed E-state index contributed by atoms with van der Waals surface area (Å²) in [5.41, 5.74) is 0. The molecule has 2 atom stereocenters. The Morgan fingerprint density at radius 1 is 1.55 bits per heavy atom. The number of ether oxygens (including phenoxy) is 1. The molecule has 0 aromatic heterocycles. The fraction of sp³-hybridized carbons (Fsp3) is 0.833. The highest BCUT2D eigenvalue weighted by atomic mass is 33.1. The first-order chi connectivity index (χ1) is 5.07. The van der Waals surface area contributed by atoms with Crippen molar-refractivity contribution in [2.24, 2.45) is 0 Å². The SMILES string of the molecule is CSSC(C)C(C)OC(=O)O. The first kappa shape index (κ1) is 11.0. The Kier molecular flexibility index (Phi) is 5.58. The van der Waals surface area contributed by atoms with E-state index in [9.17, 15) is 4.79 Å². The number of hydrogen-bond acceptors (Lipinski definition) is 4. The summed E-state index contributed by atoms with van der Waals surface area (Å²) in [6.07, 6.45) is 0.505. The fourth-order valence-electron chi connectivity index (χ4n) is 0.485. The predicted octanol–water partition coefficient (Wildman–Crippen LogP) is 2.47. The second kappa shape index (κ2) is 5.60. The van der Waals surface area contributed by atoms with Crippen molar-refractivity contribution in [3.63, 3.8) is 0 Å². The zero-order valence-corrected chi connectivity index (χ0v) is 8.37. The van der Waals surface area contributed by atoms with Gasteiger partial charge in [-0.15, -0.1) is 0 Å². The molecule has 0 aliphatic heterocycles. The lowest BCUT2D eigenvalue weighted by Gasteiger charge is -2.16. The summed E-state index contributed by atoms with van der Waals surface area (Å²) in [5.74, 6) is 0. The van der Waals surface area contributed by atoms with E-state index in [1.165, 1.54) is 0 Å². The molecule has 0 aromatic carbocycles. The number of hydrogen-bond donors (Lipinski definition) is 1. The van der Waals surface area contributed by atoms with Crippen LogP contribution < -0.4 is 0 Å². The van der Waals surface area contributed by atoms with E-state index in [1.54, 1.807) is 28.5 Å². The summed E-state index contributed by atoms with van der Waals surface area (Å²) in [6, 6.07) is 0. The van der Waals surface area contributed by atoms with Crippen LogP contribution in [0.5, 0.6) is 0 Å². The second-order valence-corrected chi connectivity index (χ2v) is 4.90. The van der Waals surface area contributed by atoms with Gasteiger partial charge in [0.15, 0.2) is 0 Å². The minimum Gasteiger partial charge on any atom is -0.450 e. The standard InChI is InChI=1S/C6H12O3S2/c1-4(9-6(7)8)5(2)11-10-3/h4-5H,1-3H3,(H,7,8). The molecule has 5 heteroatoms. The molecule has 2 unspecified atom stereocenters. The van der Waals surface area contributed by atoms with Crippen molar-refractivity contribution in [2.75, 3.05) is 6.26 Å². The number of carboxylic acid groups (broad SMARTS) is 1. The van der Waals surface area contributed by atoms with Gasteiger partial charge in [0, 0.05) is 5.25 Å². The van der Waals surface area contributed by atoms with Gasteiger partial charge in [0.2, 0.25) is 0 Å². The van der Waals surface area contributed by atoms with Gasteiger partial charge in [-0.25, -0.2) is 4.79 Å². The van der Waals surface area contributed by atoms with Crippen LogP contribution in [-0.4, -0.2) is 28.9 Å². The highest BCUT2D eigenvalue weighted by molar-refractivity contribution is 8.76. The third-order valence-corrected chi connectivity index (χ3v) is 3.56. The molecule has 0 radical (unpaired) electrons. The van der Waals surface area contributed by atoms with Crippen LogP contribution in [0.1, 0.15) is 13.8 Å². The van der Waals surface area contributed by atoms with Crippen molar-refractivity contribution in [1.82, 2.24) is 0 Å². The van der Waals surface area contributed by atoms with Gasteiger partial charge < -0.3 is 9.84 Å². The van der Waals surface area contributed by atoms with Gasteiger partial charge in [-0.05, 0) is 20.1 Å². The van der Waals surface area contributed by atoms with Crippen LogP contribution in [0.3, 0.4) is 0 Å². The lowest BCUT2D eigenvalue weighted by Crippen LogP contribution is -2.22. The third-order valence-electron chi connectivity index (χ3n) is 1.20. The van der Waals surface area contributed by atoms with E-state index >= 15 is 0 Å². The minimum absolute atomic E-state index is 0.195. The van der Waals surface area contributed by atoms with Crippen molar-refractivity contribution in [3.05, 3.63) is 0 Å². The van der Waals surface area contributed by atoms with Gasteiger partial charge in [0.1, 0.15) is 6.10 Å². The maximum absolute atomic E-state index is 10.1. The molecule has 0 bridgehead atoms. The monoisotopic (exact) mass is 196 g/mol. The maximum atomic E-state index is 10.1. The van der Waals surface area contributed by atoms with E-state index in [1.807, 2.05) is 13.2 Å². The Hall–Kier alpha value is -0.0300. The zero-order valence-electron chi connectivity index (χ0n) is 6.73. The lowest BCUT2D eigenvalue weighted by atomic mass is 10.3. The first-order valence-corrected chi connectivity index (χ1v) is 5.79. The van der Waals surface area contributed by atoms with Crippen molar-refractivity contribution in [3.8, 4) is 0 Å². The molecule has 66 valence electrons. The molecule has 0 aliphatic rings. The summed E-state index contributed by atoms with van der Waals surface area (Å²) in [6.45, 7) is 3.69. The minimum atomic E-state index is -1.20. The van der Waals surface area contributed by atoms with E-state index in [0.29, 0.717) is 0 Å². The average molecular weight is 196 g/mol. The lowest BCUT2D eigenvalue weighted by molar-refractivity contribution is 0.0599. The Morgan fingerprint density at radius 3 is 2.45 bits per heavy atom. The third kappa shape index (κ3) is 5.26. The van der Waals surface area contributed by atoms with E-state index in [0.717, 1.165) is 0 Å². The van der Waals surface area contributed by atoms with Crippen LogP contribution in [0.15, 0.2) is 0 Å². The number of rotatable bonds is 4. The van der Waals surface area contributed by atoms with Gasteiger partial charge in [0.25, 0.3) is 0 Å². The van der Waals surface area contributed by atoms with Crippen molar-refractivity contribution in [2.45, 2.75) is 25.2 Å². The van der Waals surface area contributed by atoms with Gasteiger partial charge in [-0.2, -0.15) is 0 Å². The first-order valence-electron chi connectivity index (χ1n) is 3.17. The van der Waals surface area contributed by atoms with E-state index in [-0.39, 0.29) is 11.4 Å². The van der Waals surface area contributed by atoms with Crippen molar-refractivity contribution >= 4 is 27.7 Å². The average Bonchev–Trinajstić information content (AvgIpc) is 1.86. The molecule has 0 amide bonds. The van der Waals surface area contributed by atoms with Crippen LogP contribution >= 0.6 is 21.6 Å². The molecular weight excluding hydrogens is 184 g/mol. The van der Waals surface area contributed by atoms with E-state index < -0.39 is 6.16 Å². The van der Waals surface area contributed by atoms with Gasteiger partial charge >= 0.3 is 6.16 Å². The van der Waals surface area contributed by atoms with Gasteiger partial charge in [-0.3, -0.25) is 0 Å². The normalized spacial score (nSPS) is 15.5. The van der Waals surface area contributed by atoms with Crippen LogP contribution in [-0.2, 0) is 4.74 Å². The van der Waals surface area contributed by atoms with E-state index in [4.69, 9.17) is 5.11 Å². The summed E-state index contributed by atoms with van der Waals surface area (Å²) >= 11 is 0.